The first-order valence-electron chi connectivity index (χ1n) is 6.10. The molecule has 98 valence electrons. The van der Waals surface area contributed by atoms with Crippen LogP contribution in [0.2, 0.25) is 0 Å². The van der Waals surface area contributed by atoms with Gasteiger partial charge in [-0.1, -0.05) is 6.92 Å². The van der Waals surface area contributed by atoms with Crippen LogP contribution in [0.4, 0.5) is 4.39 Å². The lowest BCUT2D eigenvalue weighted by Gasteiger charge is -2.19. The Labute approximate surface area is 107 Å². The molecule has 0 aliphatic heterocycles. The zero-order valence-electron chi connectivity index (χ0n) is 10.9. The molecule has 1 aromatic carbocycles. The standard InChI is InChI=1S/C14H19FN2O/c1-3-14(17,10-16)7-4-8-18-13-6-5-12(15)9-11(13)2/h5-6,9H,3-4,7-8,17H2,1-2H3. The van der Waals surface area contributed by atoms with E-state index in [1.54, 1.807) is 13.0 Å². The van der Waals surface area contributed by atoms with E-state index in [0.717, 1.165) is 5.56 Å². The molecule has 4 heteroatoms. The fraction of sp³-hybridized carbons (Fsp3) is 0.500. The van der Waals surface area contributed by atoms with Gasteiger partial charge >= 0.3 is 0 Å². The van der Waals surface area contributed by atoms with Crippen molar-refractivity contribution in [3.63, 3.8) is 0 Å². The van der Waals surface area contributed by atoms with Crippen molar-refractivity contribution in [2.75, 3.05) is 6.61 Å². The second-order valence-electron chi connectivity index (χ2n) is 4.48. The number of hydrogen-bond donors (Lipinski definition) is 1. The molecule has 1 aromatic rings. The number of benzene rings is 1. The molecule has 0 saturated carbocycles. The van der Waals surface area contributed by atoms with Gasteiger partial charge in [0.1, 0.15) is 17.1 Å². The molecular formula is C14H19FN2O. The summed E-state index contributed by atoms with van der Waals surface area (Å²) >= 11 is 0. The Morgan fingerprint density at radius 1 is 1.50 bits per heavy atom. The quantitative estimate of drug-likeness (QED) is 0.790. The molecule has 0 bridgehead atoms. The van der Waals surface area contributed by atoms with Gasteiger partial charge in [0.15, 0.2) is 0 Å². The lowest BCUT2D eigenvalue weighted by Crippen LogP contribution is -2.37. The second kappa shape index (κ2) is 6.36. The topological polar surface area (TPSA) is 59.0 Å². The van der Waals surface area contributed by atoms with Gasteiger partial charge in [0.05, 0.1) is 12.7 Å². The van der Waals surface area contributed by atoms with E-state index < -0.39 is 5.54 Å². The predicted molar refractivity (Wildman–Crippen MR) is 68.7 cm³/mol. The number of hydrogen-bond acceptors (Lipinski definition) is 3. The van der Waals surface area contributed by atoms with Gasteiger partial charge in [-0.2, -0.15) is 5.26 Å². The van der Waals surface area contributed by atoms with E-state index >= 15 is 0 Å². The molecule has 0 aliphatic rings. The van der Waals surface area contributed by atoms with E-state index in [2.05, 4.69) is 6.07 Å². The van der Waals surface area contributed by atoms with Crippen LogP contribution in [0.15, 0.2) is 18.2 Å². The van der Waals surface area contributed by atoms with Gasteiger partial charge in [-0.15, -0.1) is 0 Å². The molecule has 0 spiro atoms. The molecule has 3 nitrogen and oxygen atoms in total. The Morgan fingerprint density at radius 2 is 2.22 bits per heavy atom. The summed E-state index contributed by atoms with van der Waals surface area (Å²) in [5.74, 6) is 0.406. The van der Waals surface area contributed by atoms with Crippen molar-refractivity contribution in [2.24, 2.45) is 5.73 Å². The molecule has 0 fully saturated rings. The summed E-state index contributed by atoms with van der Waals surface area (Å²) in [6, 6.07) is 6.54. The minimum atomic E-state index is -0.763. The minimum Gasteiger partial charge on any atom is -0.493 e. The van der Waals surface area contributed by atoms with Gasteiger partial charge in [0.25, 0.3) is 0 Å². The summed E-state index contributed by atoms with van der Waals surface area (Å²) in [4.78, 5) is 0. The molecular weight excluding hydrogens is 231 g/mol. The smallest absolute Gasteiger partial charge is 0.123 e. The van der Waals surface area contributed by atoms with E-state index in [-0.39, 0.29) is 5.82 Å². The van der Waals surface area contributed by atoms with Crippen molar-refractivity contribution < 1.29 is 9.13 Å². The summed E-state index contributed by atoms with van der Waals surface area (Å²) in [5.41, 5.74) is 5.87. The van der Waals surface area contributed by atoms with Crippen LogP contribution < -0.4 is 10.5 Å². The number of rotatable bonds is 6. The minimum absolute atomic E-state index is 0.267. The van der Waals surface area contributed by atoms with Gasteiger partial charge in [0.2, 0.25) is 0 Å². The summed E-state index contributed by atoms with van der Waals surface area (Å²) < 4.78 is 18.4. The van der Waals surface area contributed by atoms with E-state index in [1.165, 1.54) is 12.1 Å². The number of halogens is 1. The number of nitriles is 1. The maximum atomic E-state index is 12.9. The molecule has 0 amide bonds. The van der Waals surface area contributed by atoms with Crippen LogP contribution >= 0.6 is 0 Å². The lowest BCUT2D eigenvalue weighted by molar-refractivity contribution is 0.289. The summed E-state index contributed by atoms with van der Waals surface area (Å²) in [6.45, 7) is 4.17. The fourth-order valence-corrected chi connectivity index (χ4v) is 1.66. The van der Waals surface area contributed by atoms with Gasteiger partial charge in [-0.25, -0.2) is 4.39 Å². The van der Waals surface area contributed by atoms with Crippen LogP contribution in [0, 0.1) is 24.1 Å². The van der Waals surface area contributed by atoms with Crippen LogP contribution in [-0.2, 0) is 0 Å². The number of nitrogens with two attached hydrogens (primary N) is 1. The highest BCUT2D eigenvalue weighted by Gasteiger charge is 2.21. The highest BCUT2D eigenvalue weighted by atomic mass is 19.1. The first-order valence-corrected chi connectivity index (χ1v) is 6.10. The molecule has 0 aromatic heterocycles. The highest BCUT2D eigenvalue weighted by Crippen LogP contribution is 2.19. The van der Waals surface area contributed by atoms with Crippen LogP contribution in [0.3, 0.4) is 0 Å². The monoisotopic (exact) mass is 250 g/mol. The number of ether oxygens (including phenoxy) is 1. The molecule has 18 heavy (non-hydrogen) atoms. The molecule has 1 atom stereocenters. The van der Waals surface area contributed by atoms with Crippen molar-refractivity contribution in [1.82, 2.24) is 0 Å². The first-order chi connectivity index (χ1) is 8.50. The van der Waals surface area contributed by atoms with E-state index in [9.17, 15) is 4.39 Å². The van der Waals surface area contributed by atoms with Gasteiger partial charge in [-0.05, 0) is 49.9 Å². The maximum absolute atomic E-state index is 12.9. The first kappa shape index (κ1) is 14.5. The number of nitrogens with zero attached hydrogens (tertiary/aromatic N) is 1. The van der Waals surface area contributed by atoms with Crippen molar-refractivity contribution in [2.45, 2.75) is 38.6 Å². The average Bonchev–Trinajstić information content (AvgIpc) is 2.36. The summed E-state index contributed by atoms with van der Waals surface area (Å²) in [7, 11) is 0. The van der Waals surface area contributed by atoms with E-state index in [4.69, 9.17) is 15.7 Å². The molecule has 0 saturated heterocycles. The Morgan fingerprint density at radius 3 is 2.78 bits per heavy atom. The van der Waals surface area contributed by atoms with E-state index in [1.807, 2.05) is 6.92 Å². The highest BCUT2D eigenvalue weighted by molar-refractivity contribution is 5.32. The third kappa shape index (κ3) is 4.01. The maximum Gasteiger partial charge on any atom is 0.123 e. The Kier molecular flexibility index (Phi) is 5.11. The molecule has 1 unspecified atom stereocenters. The van der Waals surface area contributed by atoms with Crippen molar-refractivity contribution in [1.29, 1.82) is 5.26 Å². The van der Waals surface area contributed by atoms with Gasteiger partial charge in [0, 0.05) is 0 Å². The average molecular weight is 250 g/mol. The Balaban J connectivity index is 2.41. The van der Waals surface area contributed by atoms with Gasteiger partial charge < -0.3 is 10.5 Å². The third-order valence-electron chi connectivity index (χ3n) is 3.02. The lowest BCUT2D eigenvalue weighted by atomic mass is 9.94. The molecule has 0 aliphatic carbocycles. The van der Waals surface area contributed by atoms with E-state index in [0.29, 0.717) is 31.6 Å². The number of aryl methyl sites for hydroxylation is 1. The van der Waals surface area contributed by atoms with Crippen molar-refractivity contribution >= 4 is 0 Å². The summed E-state index contributed by atoms with van der Waals surface area (Å²) in [5, 5.41) is 8.92. The van der Waals surface area contributed by atoms with Crippen molar-refractivity contribution in [3.8, 4) is 11.8 Å². The van der Waals surface area contributed by atoms with Crippen LogP contribution in [0.25, 0.3) is 0 Å². The zero-order chi connectivity index (χ0) is 13.6. The SMILES string of the molecule is CCC(N)(C#N)CCCOc1ccc(F)cc1C. The Bertz CT molecular complexity index is 442. The fourth-order valence-electron chi connectivity index (χ4n) is 1.66. The second-order valence-corrected chi connectivity index (χ2v) is 4.48. The van der Waals surface area contributed by atoms with Crippen LogP contribution in [-0.4, -0.2) is 12.1 Å². The van der Waals surface area contributed by atoms with Crippen molar-refractivity contribution in [3.05, 3.63) is 29.6 Å². The molecule has 1 rings (SSSR count). The Hall–Kier alpha value is -1.60. The van der Waals surface area contributed by atoms with Gasteiger partial charge in [-0.3, -0.25) is 0 Å². The largest absolute Gasteiger partial charge is 0.493 e. The zero-order valence-corrected chi connectivity index (χ0v) is 10.9. The van der Waals surface area contributed by atoms with Crippen LogP contribution in [0.1, 0.15) is 31.7 Å². The molecule has 2 N–H and O–H groups in total. The predicted octanol–water partition coefficient (Wildman–Crippen LogP) is 2.92. The van der Waals surface area contributed by atoms with Crippen LogP contribution in [0.5, 0.6) is 5.75 Å². The molecule has 0 radical (unpaired) electrons. The molecule has 0 heterocycles. The summed E-state index contributed by atoms with van der Waals surface area (Å²) in [6.07, 6.45) is 1.92. The third-order valence-corrected chi connectivity index (χ3v) is 3.02. The normalized spacial score (nSPS) is 13.7.